The van der Waals surface area contributed by atoms with Gasteiger partial charge in [-0.25, -0.2) is 4.98 Å². The quantitative estimate of drug-likeness (QED) is 0.799. The monoisotopic (exact) mass is 351 g/mol. The van der Waals surface area contributed by atoms with Gasteiger partial charge in [0.1, 0.15) is 5.82 Å². The van der Waals surface area contributed by atoms with Crippen molar-refractivity contribution in [1.82, 2.24) is 10.3 Å². The Balaban J connectivity index is 1.71. The minimum atomic E-state index is 0.714. The number of rotatable bonds is 6. The fourth-order valence-electron chi connectivity index (χ4n) is 2.65. The van der Waals surface area contributed by atoms with Crippen molar-refractivity contribution in [2.75, 3.05) is 31.7 Å². The first-order valence-electron chi connectivity index (χ1n) is 7.56. The molecular formula is C16H22BrN3O. The minimum absolute atomic E-state index is 0.714. The summed E-state index contributed by atoms with van der Waals surface area (Å²) in [4.78, 5) is 7.01. The predicted octanol–water partition coefficient (Wildman–Crippen LogP) is 2.88. The lowest BCUT2D eigenvalue weighted by Crippen LogP contribution is -2.31. The largest absolute Gasteiger partial charge is 0.380 e. The summed E-state index contributed by atoms with van der Waals surface area (Å²) in [6.45, 7) is 3.58. The molecule has 1 fully saturated rings. The number of anilines is 1. The molecule has 0 atom stereocenters. The SMILES string of the molecule is COCC1=CCN(c2ncc(Br)cc2CNC2CC2)CC1. The Kier molecular flexibility index (Phi) is 4.93. The van der Waals surface area contributed by atoms with E-state index in [9.17, 15) is 0 Å². The minimum Gasteiger partial charge on any atom is -0.380 e. The molecule has 4 nitrogen and oxygen atoms in total. The van der Waals surface area contributed by atoms with Gasteiger partial charge in [-0.1, -0.05) is 6.08 Å². The zero-order valence-corrected chi connectivity index (χ0v) is 14.0. The lowest BCUT2D eigenvalue weighted by Gasteiger charge is -2.29. The number of aromatic nitrogens is 1. The molecule has 1 N–H and O–H groups in total. The van der Waals surface area contributed by atoms with Crippen molar-refractivity contribution in [3.05, 3.63) is 33.9 Å². The van der Waals surface area contributed by atoms with E-state index in [1.807, 2.05) is 6.20 Å². The van der Waals surface area contributed by atoms with Crippen LogP contribution in [-0.4, -0.2) is 37.8 Å². The van der Waals surface area contributed by atoms with Crippen molar-refractivity contribution in [3.8, 4) is 0 Å². The highest BCUT2D eigenvalue weighted by atomic mass is 79.9. The van der Waals surface area contributed by atoms with E-state index in [1.54, 1.807) is 7.11 Å². The van der Waals surface area contributed by atoms with E-state index in [0.717, 1.165) is 43.0 Å². The molecule has 1 aliphatic carbocycles. The van der Waals surface area contributed by atoms with Crippen molar-refractivity contribution in [1.29, 1.82) is 0 Å². The molecule has 0 radical (unpaired) electrons. The molecule has 1 saturated carbocycles. The van der Waals surface area contributed by atoms with E-state index in [1.165, 1.54) is 24.0 Å². The standard InChI is InChI=1S/C16H22BrN3O/c1-21-11-12-4-6-20(7-5-12)16-13(8-14(17)10-19-16)9-18-15-2-3-15/h4,8,10,15,18H,2-3,5-7,9,11H2,1H3. The molecule has 114 valence electrons. The first-order chi connectivity index (χ1) is 10.3. The van der Waals surface area contributed by atoms with Crippen molar-refractivity contribution in [3.63, 3.8) is 0 Å². The molecule has 0 saturated heterocycles. The molecule has 1 aromatic rings. The van der Waals surface area contributed by atoms with E-state index in [0.29, 0.717) is 6.04 Å². The van der Waals surface area contributed by atoms with Gasteiger partial charge in [0.05, 0.1) is 6.61 Å². The molecule has 2 heterocycles. The van der Waals surface area contributed by atoms with Crippen LogP contribution in [0, 0.1) is 0 Å². The van der Waals surface area contributed by atoms with Crippen LogP contribution in [0.1, 0.15) is 24.8 Å². The Morgan fingerprint density at radius 2 is 2.33 bits per heavy atom. The predicted molar refractivity (Wildman–Crippen MR) is 88.6 cm³/mol. The highest BCUT2D eigenvalue weighted by Crippen LogP contribution is 2.26. The summed E-state index contributed by atoms with van der Waals surface area (Å²) in [7, 11) is 1.76. The summed E-state index contributed by atoms with van der Waals surface area (Å²) in [5, 5.41) is 3.59. The number of pyridine rings is 1. The second-order valence-electron chi connectivity index (χ2n) is 5.78. The molecule has 0 bridgehead atoms. The molecule has 0 unspecified atom stereocenters. The number of nitrogens with one attached hydrogen (secondary N) is 1. The van der Waals surface area contributed by atoms with Gasteiger partial charge < -0.3 is 15.0 Å². The molecule has 3 rings (SSSR count). The number of nitrogens with zero attached hydrogens (tertiary/aromatic N) is 2. The van der Waals surface area contributed by atoms with E-state index in [-0.39, 0.29) is 0 Å². The maximum atomic E-state index is 5.21. The van der Waals surface area contributed by atoms with Crippen LogP contribution < -0.4 is 10.2 Å². The number of hydrogen-bond donors (Lipinski definition) is 1. The molecule has 2 aliphatic rings. The van der Waals surface area contributed by atoms with Gasteiger partial charge in [-0.2, -0.15) is 0 Å². The molecule has 5 heteroatoms. The maximum absolute atomic E-state index is 5.21. The van der Waals surface area contributed by atoms with Crippen molar-refractivity contribution in [2.45, 2.75) is 31.8 Å². The van der Waals surface area contributed by atoms with Gasteiger partial charge in [-0.3, -0.25) is 0 Å². The second-order valence-corrected chi connectivity index (χ2v) is 6.70. The van der Waals surface area contributed by atoms with Crippen LogP contribution in [0.3, 0.4) is 0 Å². The Labute approximate surface area is 134 Å². The average molecular weight is 352 g/mol. The topological polar surface area (TPSA) is 37.4 Å². The lowest BCUT2D eigenvalue weighted by molar-refractivity contribution is 0.222. The normalized spacial score (nSPS) is 18.8. The first-order valence-corrected chi connectivity index (χ1v) is 8.35. The van der Waals surface area contributed by atoms with Gasteiger partial charge in [0.2, 0.25) is 0 Å². The molecule has 0 spiro atoms. The van der Waals surface area contributed by atoms with Crippen LogP contribution in [-0.2, 0) is 11.3 Å². The maximum Gasteiger partial charge on any atom is 0.133 e. The smallest absolute Gasteiger partial charge is 0.133 e. The van der Waals surface area contributed by atoms with Gasteiger partial charge in [0.25, 0.3) is 0 Å². The van der Waals surface area contributed by atoms with Gasteiger partial charge >= 0.3 is 0 Å². The molecule has 0 amide bonds. The van der Waals surface area contributed by atoms with Crippen LogP contribution in [0.15, 0.2) is 28.4 Å². The fraction of sp³-hybridized carbons (Fsp3) is 0.562. The highest BCUT2D eigenvalue weighted by molar-refractivity contribution is 9.10. The van der Waals surface area contributed by atoms with Crippen molar-refractivity contribution >= 4 is 21.7 Å². The highest BCUT2D eigenvalue weighted by Gasteiger charge is 2.22. The van der Waals surface area contributed by atoms with E-state index >= 15 is 0 Å². The van der Waals surface area contributed by atoms with Crippen molar-refractivity contribution in [2.24, 2.45) is 0 Å². The van der Waals surface area contributed by atoms with E-state index in [2.05, 4.69) is 43.3 Å². The molecule has 1 aliphatic heterocycles. The zero-order chi connectivity index (χ0) is 14.7. The van der Waals surface area contributed by atoms with Crippen LogP contribution >= 0.6 is 15.9 Å². The van der Waals surface area contributed by atoms with Gasteiger partial charge in [0, 0.05) is 49.0 Å². The summed E-state index contributed by atoms with van der Waals surface area (Å²) in [6.07, 6.45) is 7.84. The van der Waals surface area contributed by atoms with Crippen molar-refractivity contribution < 1.29 is 4.74 Å². The number of halogens is 1. The zero-order valence-electron chi connectivity index (χ0n) is 12.4. The van der Waals surface area contributed by atoms with Gasteiger partial charge in [-0.15, -0.1) is 0 Å². The first kappa shape index (κ1) is 15.0. The third-order valence-corrected chi connectivity index (χ3v) is 4.43. The summed E-state index contributed by atoms with van der Waals surface area (Å²) in [5.74, 6) is 1.11. The number of methoxy groups -OCH3 is 1. The Hall–Kier alpha value is -0.910. The number of ether oxygens (including phenoxy) is 1. The Bertz CT molecular complexity index is 528. The van der Waals surface area contributed by atoms with Crippen LogP contribution in [0.5, 0.6) is 0 Å². The summed E-state index contributed by atoms with van der Waals surface area (Å²) >= 11 is 3.54. The van der Waals surface area contributed by atoms with Gasteiger partial charge in [-0.05, 0) is 46.8 Å². The molecule has 1 aromatic heterocycles. The summed E-state index contributed by atoms with van der Waals surface area (Å²) in [6, 6.07) is 2.90. The fourth-order valence-corrected chi connectivity index (χ4v) is 3.03. The van der Waals surface area contributed by atoms with E-state index < -0.39 is 0 Å². The molecule has 21 heavy (non-hydrogen) atoms. The summed E-state index contributed by atoms with van der Waals surface area (Å²) in [5.41, 5.74) is 2.67. The van der Waals surface area contributed by atoms with Crippen LogP contribution in [0.25, 0.3) is 0 Å². The second kappa shape index (κ2) is 6.90. The summed E-state index contributed by atoms with van der Waals surface area (Å²) < 4.78 is 6.26. The van der Waals surface area contributed by atoms with E-state index in [4.69, 9.17) is 4.74 Å². The Morgan fingerprint density at radius 3 is 3.00 bits per heavy atom. The van der Waals surface area contributed by atoms with Crippen LogP contribution in [0.4, 0.5) is 5.82 Å². The Morgan fingerprint density at radius 1 is 1.48 bits per heavy atom. The van der Waals surface area contributed by atoms with Crippen LogP contribution in [0.2, 0.25) is 0 Å². The molecular weight excluding hydrogens is 330 g/mol. The third kappa shape index (κ3) is 4.05. The van der Waals surface area contributed by atoms with Gasteiger partial charge in [0.15, 0.2) is 0 Å². The lowest BCUT2D eigenvalue weighted by atomic mass is 10.1. The molecule has 0 aromatic carbocycles. The third-order valence-electron chi connectivity index (χ3n) is 4.00. The number of hydrogen-bond acceptors (Lipinski definition) is 4. The average Bonchev–Trinajstić information content (AvgIpc) is 3.31.